The smallest absolute Gasteiger partial charge is 0.191 e. The molecule has 1 fully saturated rings. The number of pyridine rings is 1. The molecule has 6 nitrogen and oxygen atoms in total. The molecule has 2 N–H and O–H groups in total. The first-order valence-electron chi connectivity index (χ1n) is 9.06. The van der Waals surface area contributed by atoms with E-state index in [1.165, 1.54) is 0 Å². The molecule has 7 heteroatoms. The Morgan fingerprint density at radius 2 is 2.22 bits per heavy atom. The normalized spacial score (nSPS) is 17.1. The van der Waals surface area contributed by atoms with Gasteiger partial charge in [0.25, 0.3) is 0 Å². The first kappa shape index (κ1) is 19.3. The third-order valence-corrected chi connectivity index (χ3v) is 4.90. The summed E-state index contributed by atoms with van der Waals surface area (Å²) in [6.45, 7) is 4.47. The molecule has 2 heterocycles. The van der Waals surface area contributed by atoms with Crippen molar-refractivity contribution in [3.8, 4) is 5.75 Å². The van der Waals surface area contributed by atoms with Gasteiger partial charge in [-0.05, 0) is 43.2 Å². The predicted molar refractivity (Wildman–Crippen MR) is 111 cm³/mol. The van der Waals surface area contributed by atoms with Gasteiger partial charge in [0.2, 0.25) is 0 Å². The number of hydrogen-bond acceptors (Lipinski definition) is 4. The monoisotopic (exact) mass is 387 g/mol. The number of anilines is 1. The second kappa shape index (κ2) is 8.95. The van der Waals surface area contributed by atoms with Crippen molar-refractivity contribution in [2.45, 2.75) is 25.9 Å². The zero-order valence-corrected chi connectivity index (χ0v) is 16.8. The molecule has 1 aromatic carbocycles. The molecule has 0 aliphatic carbocycles. The van der Waals surface area contributed by atoms with Gasteiger partial charge in [0.05, 0.1) is 12.8 Å². The fraction of sp³-hybridized carbons (Fsp3) is 0.400. The molecule has 1 aliphatic heterocycles. The fourth-order valence-corrected chi connectivity index (χ4v) is 3.35. The Bertz CT molecular complexity index is 793. The van der Waals surface area contributed by atoms with Crippen molar-refractivity contribution in [1.29, 1.82) is 0 Å². The number of methoxy groups -OCH3 is 1. The number of aromatic nitrogens is 1. The molecular weight excluding hydrogens is 362 g/mol. The molecular formula is C20H26ClN5O. The lowest BCUT2D eigenvalue weighted by atomic mass is 10.2. The first-order chi connectivity index (χ1) is 13.1. The molecule has 2 aromatic rings. The fourth-order valence-electron chi connectivity index (χ4n) is 3.18. The Balaban J connectivity index is 1.56. The summed E-state index contributed by atoms with van der Waals surface area (Å²) in [7, 11) is 3.47. The number of benzene rings is 1. The van der Waals surface area contributed by atoms with Gasteiger partial charge in [0.1, 0.15) is 5.75 Å². The number of rotatable bonds is 5. The zero-order valence-electron chi connectivity index (χ0n) is 16.0. The van der Waals surface area contributed by atoms with E-state index in [0.717, 1.165) is 48.2 Å². The summed E-state index contributed by atoms with van der Waals surface area (Å²) >= 11 is 6.17. The van der Waals surface area contributed by atoms with Gasteiger partial charge in [0.15, 0.2) is 5.96 Å². The summed E-state index contributed by atoms with van der Waals surface area (Å²) < 4.78 is 5.48. The van der Waals surface area contributed by atoms with Crippen molar-refractivity contribution in [3.63, 3.8) is 0 Å². The first-order valence-corrected chi connectivity index (χ1v) is 9.44. The number of hydrogen-bond donors (Lipinski definition) is 2. The van der Waals surface area contributed by atoms with Gasteiger partial charge in [-0.2, -0.15) is 0 Å². The molecule has 1 aliphatic rings. The minimum atomic E-state index is 0.302. The molecule has 3 rings (SSSR count). The number of aliphatic imine (C=N–C) groups is 1. The second-order valence-corrected chi connectivity index (χ2v) is 7.06. The van der Waals surface area contributed by atoms with Crippen molar-refractivity contribution >= 4 is 23.2 Å². The summed E-state index contributed by atoms with van der Waals surface area (Å²) in [5, 5.41) is 7.57. The number of aryl methyl sites for hydroxylation is 1. The lowest BCUT2D eigenvalue weighted by molar-refractivity contribution is 0.415. The molecule has 0 amide bonds. The van der Waals surface area contributed by atoms with Gasteiger partial charge >= 0.3 is 0 Å². The third-order valence-electron chi connectivity index (χ3n) is 4.67. The quantitative estimate of drug-likeness (QED) is 0.610. The SMILES string of the molecule is CN=C(NCc1ccc(C)nc1)NC1CCN(c2cc(Cl)ccc2OC)C1. The largest absolute Gasteiger partial charge is 0.495 e. The third kappa shape index (κ3) is 5.04. The standard InChI is InChI=1S/C20H26ClN5O/c1-14-4-5-15(11-23-14)12-24-20(22-2)25-17-8-9-26(13-17)18-10-16(21)6-7-19(18)27-3/h4-7,10-11,17H,8-9,12-13H2,1-3H3,(H2,22,24,25). The number of guanidine groups is 1. The van der Waals surface area contributed by atoms with Crippen LogP contribution < -0.4 is 20.3 Å². The zero-order chi connectivity index (χ0) is 19.2. The summed E-state index contributed by atoms with van der Waals surface area (Å²) in [5.74, 6) is 1.63. The molecule has 144 valence electrons. The van der Waals surface area contributed by atoms with Crippen molar-refractivity contribution in [3.05, 3.63) is 52.8 Å². The van der Waals surface area contributed by atoms with Crippen molar-refractivity contribution in [2.75, 3.05) is 32.1 Å². The van der Waals surface area contributed by atoms with E-state index < -0.39 is 0 Å². The summed E-state index contributed by atoms with van der Waals surface area (Å²) in [4.78, 5) is 11.0. The lowest BCUT2D eigenvalue weighted by Gasteiger charge is -2.22. The highest BCUT2D eigenvalue weighted by atomic mass is 35.5. The predicted octanol–water partition coefficient (Wildman–Crippen LogP) is 3.00. The van der Waals surface area contributed by atoms with Crippen LogP contribution in [-0.2, 0) is 6.54 Å². The van der Waals surface area contributed by atoms with E-state index in [2.05, 4.69) is 31.6 Å². The van der Waals surface area contributed by atoms with Crippen LogP contribution in [0, 0.1) is 6.92 Å². The van der Waals surface area contributed by atoms with E-state index in [4.69, 9.17) is 16.3 Å². The average Bonchev–Trinajstić information content (AvgIpc) is 3.14. The van der Waals surface area contributed by atoms with Crippen LogP contribution in [0.25, 0.3) is 0 Å². The summed E-state index contributed by atoms with van der Waals surface area (Å²) in [5.41, 5.74) is 3.17. The van der Waals surface area contributed by atoms with Crippen LogP contribution in [0.1, 0.15) is 17.7 Å². The van der Waals surface area contributed by atoms with Gasteiger partial charge < -0.3 is 20.3 Å². The molecule has 0 saturated carbocycles. The Morgan fingerprint density at radius 3 is 2.93 bits per heavy atom. The Labute approximate surface area is 165 Å². The Hall–Kier alpha value is -2.47. The Kier molecular flexibility index (Phi) is 6.40. The topological polar surface area (TPSA) is 61.8 Å². The van der Waals surface area contributed by atoms with E-state index >= 15 is 0 Å². The molecule has 0 radical (unpaired) electrons. The van der Waals surface area contributed by atoms with Crippen LogP contribution in [-0.4, -0.2) is 44.2 Å². The molecule has 1 saturated heterocycles. The number of ether oxygens (including phenoxy) is 1. The van der Waals surface area contributed by atoms with Gasteiger partial charge in [-0.25, -0.2) is 0 Å². The molecule has 1 aromatic heterocycles. The molecule has 1 unspecified atom stereocenters. The van der Waals surface area contributed by atoms with E-state index in [9.17, 15) is 0 Å². The maximum atomic E-state index is 6.17. The molecule has 0 spiro atoms. The summed E-state index contributed by atoms with van der Waals surface area (Å²) in [6.07, 6.45) is 2.90. The lowest BCUT2D eigenvalue weighted by Crippen LogP contribution is -2.44. The van der Waals surface area contributed by atoms with Crippen LogP contribution >= 0.6 is 11.6 Å². The van der Waals surface area contributed by atoms with Crippen molar-refractivity contribution in [1.82, 2.24) is 15.6 Å². The van der Waals surface area contributed by atoms with Crippen molar-refractivity contribution < 1.29 is 4.74 Å². The maximum absolute atomic E-state index is 6.17. The highest BCUT2D eigenvalue weighted by Crippen LogP contribution is 2.33. The van der Waals surface area contributed by atoms with Crippen LogP contribution in [0.2, 0.25) is 5.02 Å². The molecule has 0 bridgehead atoms. The van der Waals surface area contributed by atoms with Crippen LogP contribution in [0.4, 0.5) is 5.69 Å². The maximum Gasteiger partial charge on any atom is 0.191 e. The van der Waals surface area contributed by atoms with Gasteiger partial charge in [-0.3, -0.25) is 9.98 Å². The number of nitrogens with one attached hydrogen (secondary N) is 2. The number of halogens is 1. The summed E-state index contributed by atoms with van der Waals surface area (Å²) in [6, 6.07) is 10.1. The molecule has 27 heavy (non-hydrogen) atoms. The van der Waals surface area contributed by atoms with E-state index in [-0.39, 0.29) is 0 Å². The minimum Gasteiger partial charge on any atom is -0.495 e. The van der Waals surface area contributed by atoms with E-state index in [1.807, 2.05) is 37.4 Å². The van der Waals surface area contributed by atoms with E-state index in [1.54, 1.807) is 14.2 Å². The van der Waals surface area contributed by atoms with Crippen LogP contribution in [0.5, 0.6) is 5.75 Å². The van der Waals surface area contributed by atoms with Crippen molar-refractivity contribution in [2.24, 2.45) is 4.99 Å². The van der Waals surface area contributed by atoms with Gasteiger partial charge in [-0.15, -0.1) is 0 Å². The highest BCUT2D eigenvalue weighted by Gasteiger charge is 2.25. The Morgan fingerprint density at radius 1 is 1.37 bits per heavy atom. The van der Waals surface area contributed by atoms with Gasteiger partial charge in [-0.1, -0.05) is 17.7 Å². The number of nitrogens with zero attached hydrogens (tertiary/aromatic N) is 3. The average molecular weight is 388 g/mol. The second-order valence-electron chi connectivity index (χ2n) is 6.63. The minimum absolute atomic E-state index is 0.302. The van der Waals surface area contributed by atoms with Crippen LogP contribution in [0.15, 0.2) is 41.5 Å². The van der Waals surface area contributed by atoms with E-state index in [0.29, 0.717) is 17.6 Å². The van der Waals surface area contributed by atoms with Crippen LogP contribution in [0.3, 0.4) is 0 Å². The van der Waals surface area contributed by atoms with Gasteiger partial charge in [0, 0.05) is 49.6 Å². The highest BCUT2D eigenvalue weighted by molar-refractivity contribution is 6.30. The molecule has 1 atom stereocenters.